The fourth-order valence-electron chi connectivity index (χ4n) is 2.01. The summed E-state index contributed by atoms with van der Waals surface area (Å²) in [4.78, 5) is 14.0. The minimum atomic E-state index is -0.0496. The van der Waals surface area contributed by atoms with Crippen LogP contribution >= 0.6 is 0 Å². The van der Waals surface area contributed by atoms with Crippen LogP contribution in [-0.2, 0) is 0 Å². The van der Waals surface area contributed by atoms with Gasteiger partial charge in [-0.25, -0.2) is 0 Å². The molecule has 1 amide bonds. The Morgan fingerprint density at radius 2 is 1.82 bits per heavy atom. The average molecular weight is 299 g/mol. The summed E-state index contributed by atoms with van der Waals surface area (Å²) >= 11 is 0. The highest BCUT2D eigenvalue weighted by molar-refractivity contribution is 5.94. The monoisotopic (exact) mass is 299 g/mol. The molecule has 0 aliphatic rings. The van der Waals surface area contributed by atoms with Crippen LogP contribution in [0.3, 0.4) is 0 Å². The number of aryl methyl sites for hydroxylation is 1. The van der Waals surface area contributed by atoms with Gasteiger partial charge >= 0.3 is 0 Å². The minimum Gasteiger partial charge on any atom is -0.497 e. The highest BCUT2D eigenvalue weighted by Gasteiger charge is 2.12. The van der Waals surface area contributed by atoms with Gasteiger partial charge in [0.05, 0.1) is 13.7 Å². The maximum Gasteiger partial charge on any atom is 0.253 e. The Labute approximate surface area is 131 Å². The highest BCUT2D eigenvalue weighted by atomic mass is 16.5. The van der Waals surface area contributed by atoms with Crippen molar-refractivity contribution in [3.63, 3.8) is 0 Å². The first-order chi connectivity index (χ1) is 10.6. The van der Waals surface area contributed by atoms with E-state index in [1.165, 1.54) is 5.56 Å². The van der Waals surface area contributed by atoms with Gasteiger partial charge in [-0.15, -0.1) is 0 Å². The number of carbonyl (C=O) groups excluding carboxylic acids is 1. The highest BCUT2D eigenvalue weighted by Crippen LogP contribution is 2.14. The molecular weight excluding hydrogens is 278 g/mol. The Balaban J connectivity index is 1.87. The van der Waals surface area contributed by atoms with Crippen LogP contribution < -0.4 is 9.47 Å². The Morgan fingerprint density at radius 3 is 2.50 bits per heavy atom. The Morgan fingerprint density at radius 1 is 1.09 bits per heavy atom. The van der Waals surface area contributed by atoms with Gasteiger partial charge < -0.3 is 14.4 Å². The number of likely N-dealkylation sites (N-methyl/N-ethyl adjacent to an activating group) is 1. The van der Waals surface area contributed by atoms with Crippen molar-refractivity contribution in [3.8, 4) is 11.5 Å². The summed E-state index contributed by atoms with van der Waals surface area (Å²) in [6, 6.07) is 15.0. The number of carbonyl (C=O) groups is 1. The third-order valence-electron chi connectivity index (χ3n) is 3.38. The Bertz CT molecular complexity index is 622. The first-order valence-corrected chi connectivity index (χ1v) is 7.19. The zero-order valence-corrected chi connectivity index (χ0v) is 13.2. The van der Waals surface area contributed by atoms with Gasteiger partial charge in [0.1, 0.15) is 18.1 Å². The summed E-state index contributed by atoms with van der Waals surface area (Å²) in [5.41, 5.74) is 1.80. The molecule has 0 radical (unpaired) electrons. The fourth-order valence-corrected chi connectivity index (χ4v) is 2.01. The standard InChI is InChI=1S/C18H21NO3/c1-14-7-9-16(10-8-14)22-12-11-19(2)18(20)15-5-4-6-17(13-15)21-3/h4-10,13H,11-12H2,1-3H3. The fraction of sp³-hybridized carbons (Fsp3) is 0.278. The topological polar surface area (TPSA) is 38.8 Å². The first kappa shape index (κ1) is 15.9. The van der Waals surface area contributed by atoms with Gasteiger partial charge in [0.2, 0.25) is 0 Å². The van der Waals surface area contributed by atoms with Crippen molar-refractivity contribution in [3.05, 3.63) is 59.7 Å². The number of hydrogen-bond donors (Lipinski definition) is 0. The predicted molar refractivity (Wildman–Crippen MR) is 86.6 cm³/mol. The van der Waals surface area contributed by atoms with Gasteiger partial charge in [0, 0.05) is 12.6 Å². The molecule has 0 N–H and O–H groups in total. The molecule has 0 fully saturated rings. The molecule has 4 heteroatoms. The predicted octanol–water partition coefficient (Wildman–Crippen LogP) is 3.15. The van der Waals surface area contributed by atoms with Crippen LogP contribution in [0.4, 0.5) is 0 Å². The van der Waals surface area contributed by atoms with Gasteiger partial charge in [0.25, 0.3) is 5.91 Å². The second kappa shape index (κ2) is 7.50. The summed E-state index contributed by atoms with van der Waals surface area (Å²) in [6.07, 6.45) is 0. The summed E-state index contributed by atoms with van der Waals surface area (Å²) < 4.78 is 10.8. The molecule has 0 saturated carbocycles. The van der Waals surface area contributed by atoms with Gasteiger partial charge in [-0.2, -0.15) is 0 Å². The SMILES string of the molecule is COc1cccc(C(=O)N(C)CCOc2ccc(C)cc2)c1. The van der Waals surface area contributed by atoms with Crippen LogP contribution in [0.25, 0.3) is 0 Å². The van der Waals surface area contributed by atoms with E-state index in [4.69, 9.17) is 9.47 Å². The average Bonchev–Trinajstić information content (AvgIpc) is 2.56. The zero-order chi connectivity index (χ0) is 15.9. The lowest BCUT2D eigenvalue weighted by atomic mass is 10.2. The maximum atomic E-state index is 12.3. The number of methoxy groups -OCH3 is 1. The molecule has 0 saturated heterocycles. The van der Waals surface area contributed by atoms with Gasteiger partial charge in [0.15, 0.2) is 0 Å². The molecule has 0 aliphatic carbocycles. The normalized spacial score (nSPS) is 10.1. The summed E-state index contributed by atoms with van der Waals surface area (Å²) in [6.45, 7) is 3.00. The molecule has 116 valence electrons. The molecule has 0 spiro atoms. The molecule has 0 unspecified atom stereocenters. The Kier molecular flexibility index (Phi) is 5.42. The number of nitrogens with zero attached hydrogens (tertiary/aromatic N) is 1. The molecule has 0 bridgehead atoms. The van der Waals surface area contributed by atoms with E-state index in [9.17, 15) is 4.79 Å². The Hall–Kier alpha value is -2.49. The maximum absolute atomic E-state index is 12.3. The van der Waals surface area contributed by atoms with Crippen LogP contribution in [0.5, 0.6) is 11.5 Å². The van der Waals surface area contributed by atoms with Crippen molar-refractivity contribution >= 4 is 5.91 Å². The van der Waals surface area contributed by atoms with E-state index in [2.05, 4.69) is 0 Å². The number of ether oxygens (including phenoxy) is 2. The van der Waals surface area contributed by atoms with Gasteiger partial charge in [-0.05, 0) is 37.3 Å². The molecule has 22 heavy (non-hydrogen) atoms. The molecular formula is C18H21NO3. The van der Waals surface area contributed by atoms with Crippen LogP contribution in [0.2, 0.25) is 0 Å². The van der Waals surface area contributed by atoms with Gasteiger partial charge in [-0.1, -0.05) is 23.8 Å². The summed E-state index contributed by atoms with van der Waals surface area (Å²) in [7, 11) is 3.35. The molecule has 0 aliphatic heterocycles. The smallest absolute Gasteiger partial charge is 0.253 e. The third-order valence-corrected chi connectivity index (χ3v) is 3.38. The van der Waals surface area contributed by atoms with E-state index >= 15 is 0 Å². The number of benzene rings is 2. The summed E-state index contributed by atoms with van der Waals surface area (Å²) in [5.74, 6) is 1.44. The van der Waals surface area contributed by atoms with Crippen molar-refractivity contribution in [2.45, 2.75) is 6.92 Å². The molecule has 0 atom stereocenters. The number of rotatable bonds is 6. The number of amides is 1. The van der Waals surface area contributed by atoms with E-state index in [0.717, 1.165) is 5.75 Å². The molecule has 4 nitrogen and oxygen atoms in total. The molecule has 2 aromatic rings. The largest absolute Gasteiger partial charge is 0.497 e. The van der Waals surface area contributed by atoms with Crippen molar-refractivity contribution in [2.75, 3.05) is 27.3 Å². The van der Waals surface area contributed by atoms with Crippen LogP contribution in [-0.4, -0.2) is 38.1 Å². The lowest BCUT2D eigenvalue weighted by Crippen LogP contribution is -2.30. The molecule has 2 aromatic carbocycles. The van der Waals surface area contributed by atoms with E-state index in [0.29, 0.717) is 24.5 Å². The number of hydrogen-bond acceptors (Lipinski definition) is 3. The van der Waals surface area contributed by atoms with E-state index < -0.39 is 0 Å². The molecule has 0 aromatic heterocycles. The van der Waals surface area contributed by atoms with E-state index in [1.54, 1.807) is 31.2 Å². The van der Waals surface area contributed by atoms with Crippen molar-refractivity contribution in [1.82, 2.24) is 4.90 Å². The van der Waals surface area contributed by atoms with E-state index in [1.807, 2.05) is 43.3 Å². The van der Waals surface area contributed by atoms with Crippen LogP contribution in [0.1, 0.15) is 15.9 Å². The van der Waals surface area contributed by atoms with Crippen molar-refractivity contribution < 1.29 is 14.3 Å². The lowest BCUT2D eigenvalue weighted by Gasteiger charge is -2.18. The van der Waals surface area contributed by atoms with Crippen molar-refractivity contribution in [2.24, 2.45) is 0 Å². The minimum absolute atomic E-state index is 0.0496. The third kappa shape index (κ3) is 4.25. The van der Waals surface area contributed by atoms with E-state index in [-0.39, 0.29) is 5.91 Å². The molecule has 0 heterocycles. The van der Waals surface area contributed by atoms with Crippen LogP contribution in [0.15, 0.2) is 48.5 Å². The second-order valence-electron chi connectivity index (χ2n) is 5.12. The quantitative estimate of drug-likeness (QED) is 0.822. The lowest BCUT2D eigenvalue weighted by molar-refractivity contribution is 0.0773. The second-order valence-corrected chi connectivity index (χ2v) is 5.12. The zero-order valence-electron chi connectivity index (χ0n) is 13.2. The molecule has 2 rings (SSSR count). The van der Waals surface area contributed by atoms with Crippen molar-refractivity contribution in [1.29, 1.82) is 0 Å². The summed E-state index contributed by atoms with van der Waals surface area (Å²) in [5, 5.41) is 0. The van der Waals surface area contributed by atoms with Crippen LogP contribution in [0, 0.1) is 6.92 Å². The van der Waals surface area contributed by atoms with Gasteiger partial charge in [-0.3, -0.25) is 4.79 Å². The first-order valence-electron chi connectivity index (χ1n) is 7.19.